The van der Waals surface area contributed by atoms with Crippen LogP contribution in [0.4, 0.5) is 4.39 Å². The van der Waals surface area contributed by atoms with Crippen LogP contribution in [-0.4, -0.2) is 28.2 Å². The summed E-state index contributed by atoms with van der Waals surface area (Å²) in [7, 11) is 1.39. The number of halogens is 1. The average molecular weight is 447 g/mol. The van der Waals surface area contributed by atoms with Crippen molar-refractivity contribution < 1.29 is 19.0 Å². The molecule has 0 atom stereocenters. The van der Waals surface area contributed by atoms with Crippen LogP contribution in [0.5, 0.6) is 5.75 Å². The standard InChI is InChI=1S/C25H19FN2O3S/c1-31-23-14-20(25(29)30)21(26)13-19(23)9-11-32-24(27)16-4-2-15(3-5-16)17-6-7-22-18(12-17)8-10-28-22/h2-14,27-28H,1H3,(H,29,30)/b11-9+,27-24?. The molecule has 0 aliphatic rings. The normalized spacial score (nSPS) is 11.2. The Balaban J connectivity index is 1.47. The van der Waals surface area contributed by atoms with E-state index in [-0.39, 0.29) is 5.75 Å². The molecule has 3 aromatic carbocycles. The molecule has 0 aliphatic heterocycles. The van der Waals surface area contributed by atoms with Crippen LogP contribution >= 0.6 is 11.8 Å². The Morgan fingerprint density at radius 1 is 1.09 bits per heavy atom. The van der Waals surface area contributed by atoms with Crippen LogP contribution in [0.15, 0.2) is 72.3 Å². The van der Waals surface area contributed by atoms with Crippen molar-refractivity contribution in [3.8, 4) is 16.9 Å². The Bertz CT molecular complexity index is 1340. The number of carboxylic acids is 1. The molecular formula is C25H19FN2O3S. The maximum Gasteiger partial charge on any atom is 0.338 e. The zero-order valence-corrected chi connectivity index (χ0v) is 17.9. The summed E-state index contributed by atoms with van der Waals surface area (Å²) in [4.78, 5) is 14.3. The zero-order valence-electron chi connectivity index (χ0n) is 17.1. The van der Waals surface area contributed by atoms with E-state index in [0.717, 1.165) is 39.7 Å². The van der Waals surface area contributed by atoms with Gasteiger partial charge in [-0.05, 0) is 58.3 Å². The molecule has 0 radical (unpaired) electrons. The van der Waals surface area contributed by atoms with Crippen molar-refractivity contribution in [2.24, 2.45) is 0 Å². The lowest BCUT2D eigenvalue weighted by atomic mass is 10.0. The van der Waals surface area contributed by atoms with Gasteiger partial charge in [0.1, 0.15) is 11.6 Å². The molecule has 4 rings (SSSR count). The predicted octanol–water partition coefficient (Wildman–Crippen LogP) is 6.41. The second kappa shape index (κ2) is 9.11. The van der Waals surface area contributed by atoms with Gasteiger partial charge in [0.15, 0.2) is 0 Å². The molecule has 3 N–H and O–H groups in total. The summed E-state index contributed by atoms with van der Waals surface area (Å²) in [6.07, 6.45) is 3.50. The van der Waals surface area contributed by atoms with Crippen molar-refractivity contribution in [2.75, 3.05) is 7.11 Å². The van der Waals surface area contributed by atoms with Crippen LogP contribution in [0.1, 0.15) is 21.5 Å². The van der Waals surface area contributed by atoms with Gasteiger partial charge in [0.05, 0.1) is 17.7 Å². The molecular weight excluding hydrogens is 427 g/mol. The van der Waals surface area contributed by atoms with Crippen molar-refractivity contribution in [3.63, 3.8) is 0 Å². The number of thioether (sulfide) groups is 1. The van der Waals surface area contributed by atoms with Crippen molar-refractivity contribution in [1.82, 2.24) is 4.98 Å². The van der Waals surface area contributed by atoms with E-state index in [1.807, 2.05) is 42.6 Å². The number of ether oxygens (including phenoxy) is 1. The molecule has 0 amide bonds. The lowest BCUT2D eigenvalue weighted by Gasteiger charge is -2.07. The fourth-order valence-electron chi connectivity index (χ4n) is 3.33. The second-order valence-corrected chi connectivity index (χ2v) is 7.90. The van der Waals surface area contributed by atoms with Crippen LogP contribution < -0.4 is 4.74 Å². The summed E-state index contributed by atoms with van der Waals surface area (Å²) >= 11 is 1.17. The molecule has 0 aliphatic carbocycles. The monoisotopic (exact) mass is 446 g/mol. The Morgan fingerprint density at radius 3 is 2.56 bits per heavy atom. The van der Waals surface area contributed by atoms with Crippen LogP contribution in [0, 0.1) is 11.2 Å². The minimum Gasteiger partial charge on any atom is -0.496 e. The van der Waals surface area contributed by atoms with E-state index < -0.39 is 17.3 Å². The van der Waals surface area contributed by atoms with Gasteiger partial charge in [-0.1, -0.05) is 42.1 Å². The quantitative estimate of drug-likeness (QED) is 0.236. The fraction of sp³-hybridized carbons (Fsp3) is 0.0400. The number of hydrogen-bond donors (Lipinski definition) is 3. The highest BCUT2D eigenvalue weighted by atomic mass is 32.2. The summed E-state index contributed by atoms with van der Waals surface area (Å²) in [5.41, 5.74) is 3.95. The van der Waals surface area contributed by atoms with E-state index in [2.05, 4.69) is 17.1 Å². The third-order valence-corrected chi connectivity index (χ3v) is 5.76. The molecule has 0 saturated heterocycles. The van der Waals surface area contributed by atoms with Gasteiger partial charge in [-0.3, -0.25) is 5.41 Å². The highest BCUT2D eigenvalue weighted by molar-refractivity contribution is 8.16. The molecule has 0 bridgehead atoms. The Labute approximate surface area is 188 Å². The van der Waals surface area contributed by atoms with E-state index >= 15 is 0 Å². The van der Waals surface area contributed by atoms with Gasteiger partial charge in [-0.2, -0.15) is 0 Å². The molecule has 32 heavy (non-hydrogen) atoms. The molecule has 1 heterocycles. The summed E-state index contributed by atoms with van der Waals surface area (Å²) < 4.78 is 19.2. The van der Waals surface area contributed by atoms with Crippen molar-refractivity contribution in [1.29, 1.82) is 5.41 Å². The van der Waals surface area contributed by atoms with Crippen LogP contribution in [0.3, 0.4) is 0 Å². The summed E-state index contributed by atoms with van der Waals surface area (Å²) in [5.74, 6) is -1.95. The predicted molar refractivity (Wildman–Crippen MR) is 127 cm³/mol. The first-order valence-corrected chi connectivity index (χ1v) is 10.5. The highest BCUT2D eigenvalue weighted by Gasteiger charge is 2.14. The third kappa shape index (κ3) is 4.43. The van der Waals surface area contributed by atoms with E-state index in [1.165, 1.54) is 18.9 Å². The van der Waals surface area contributed by atoms with E-state index in [4.69, 9.17) is 15.3 Å². The van der Waals surface area contributed by atoms with Crippen molar-refractivity contribution in [2.45, 2.75) is 0 Å². The molecule has 1 aromatic heterocycles. The number of aromatic nitrogens is 1. The van der Waals surface area contributed by atoms with Gasteiger partial charge in [-0.25, -0.2) is 9.18 Å². The van der Waals surface area contributed by atoms with E-state index in [9.17, 15) is 9.18 Å². The van der Waals surface area contributed by atoms with Gasteiger partial charge in [0.2, 0.25) is 0 Å². The van der Waals surface area contributed by atoms with Gasteiger partial charge in [0.25, 0.3) is 0 Å². The Kier molecular flexibility index (Phi) is 6.09. The number of carbonyl (C=O) groups is 1. The number of fused-ring (bicyclic) bond motifs is 1. The van der Waals surface area contributed by atoms with E-state index in [1.54, 1.807) is 11.5 Å². The molecule has 0 fully saturated rings. The number of aromatic amines is 1. The highest BCUT2D eigenvalue weighted by Crippen LogP contribution is 2.27. The number of carboxylic acid groups (broad SMARTS) is 1. The van der Waals surface area contributed by atoms with Gasteiger partial charge >= 0.3 is 5.97 Å². The van der Waals surface area contributed by atoms with Gasteiger partial charge < -0.3 is 14.8 Å². The first-order chi connectivity index (χ1) is 15.5. The first-order valence-electron chi connectivity index (χ1n) is 9.67. The number of rotatable bonds is 6. The fourth-order valence-corrected chi connectivity index (χ4v) is 3.95. The maximum atomic E-state index is 14.0. The number of H-pyrrole nitrogens is 1. The first kappa shape index (κ1) is 21.4. The van der Waals surface area contributed by atoms with Crippen LogP contribution in [0.2, 0.25) is 0 Å². The molecule has 0 unspecified atom stereocenters. The Morgan fingerprint density at radius 2 is 1.84 bits per heavy atom. The number of nitrogens with one attached hydrogen (secondary N) is 2. The lowest BCUT2D eigenvalue weighted by molar-refractivity contribution is 0.0691. The smallest absolute Gasteiger partial charge is 0.338 e. The largest absolute Gasteiger partial charge is 0.496 e. The molecule has 5 nitrogen and oxygen atoms in total. The number of hydrogen-bond acceptors (Lipinski definition) is 4. The minimum atomic E-state index is -1.36. The summed E-state index contributed by atoms with van der Waals surface area (Å²) in [6, 6.07) is 18.2. The minimum absolute atomic E-state index is 0.246. The summed E-state index contributed by atoms with van der Waals surface area (Å²) in [6.45, 7) is 0. The van der Waals surface area contributed by atoms with Crippen molar-refractivity contribution in [3.05, 3.63) is 94.8 Å². The topological polar surface area (TPSA) is 86.2 Å². The molecule has 160 valence electrons. The number of benzene rings is 3. The zero-order chi connectivity index (χ0) is 22.7. The van der Waals surface area contributed by atoms with Gasteiger partial charge in [-0.15, -0.1) is 0 Å². The van der Waals surface area contributed by atoms with Crippen LogP contribution in [0.25, 0.3) is 28.1 Å². The molecule has 4 aromatic rings. The SMILES string of the molecule is COc1cc(C(=O)O)c(F)cc1/C=C/SC(=N)c1ccc(-c2ccc3[nH]ccc3c2)cc1. The second-order valence-electron chi connectivity index (χ2n) is 6.99. The van der Waals surface area contributed by atoms with Gasteiger partial charge in [0, 0.05) is 22.8 Å². The van der Waals surface area contributed by atoms with Crippen molar-refractivity contribution >= 4 is 39.8 Å². The van der Waals surface area contributed by atoms with Crippen LogP contribution in [-0.2, 0) is 0 Å². The molecule has 0 spiro atoms. The maximum absolute atomic E-state index is 14.0. The molecule has 0 saturated carbocycles. The Hall–Kier alpha value is -3.84. The summed E-state index contributed by atoms with van der Waals surface area (Å²) in [5, 5.41) is 20.5. The number of methoxy groups -OCH3 is 1. The lowest BCUT2D eigenvalue weighted by Crippen LogP contribution is -2.02. The number of aromatic carboxylic acids is 1. The molecule has 7 heteroatoms. The third-order valence-electron chi connectivity index (χ3n) is 5.02. The van der Waals surface area contributed by atoms with E-state index in [0.29, 0.717) is 10.6 Å². The average Bonchev–Trinajstić information content (AvgIpc) is 3.27.